The van der Waals surface area contributed by atoms with Gasteiger partial charge < -0.3 is 10.1 Å². The highest BCUT2D eigenvalue weighted by molar-refractivity contribution is 7.14. The molecule has 0 saturated carbocycles. The molecule has 1 aliphatic carbocycles. The average molecular weight is 432 g/mol. The van der Waals surface area contributed by atoms with Gasteiger partial charge in [0.05, 0.1) is 16.3 Å². The van der Waals surface area contributed by atoms with Crippen molar-refractivity contribution in [1.29, 1.82) is 0 Å². The third-order valence-corrected chi connectivity index (χ3v) is 5.90. The highest BCUT2D eigenvalue weighted by Crippen LogP contribution is 2.34. The predicted octanol–water partition coefficient (Wildman–Crippen LogP) is 5.48. The number of carbonyl (C=O) groups is 2. The predicted molar refractivity (Wildman–Crippen MR) is 101 cm³/mol. The summed E-state index contributed by atoms with van der Waals surface area (Å²) in [5.41, 5.74) is 0.0132. The second kappa shape index (κ2) is 8.53. The van der Waals surface area contributed by atoms with E-state index in [0.717, 1.165) is 49.4 Å². The molecule has 150 valence electrons. The fraction of sp³-hybridized carbons (Fsp3) is 0.368. The third kappa shape index (κ3) is 5.05. The minimum atomic E-state index is -4.56. The van der Waals surface area contributed by atoms with E-state index in [1.165, 1.54) is 22.6 Å². The first-order valence-electron chi connectivity index (χ1n) is 8.69. The van der Waals surface area contributed by atoms with Crippen LogP contribution in [0.15, 0.2) is 24.3 Å². The maximum atomic E-state index is 12.8. The normalized spacial score (nSPS) is 14.1. The van der Waals surface area contributed by atoms with E-state index in [1.807, 2.05) is 0 Å². The summed E-state index contributed by atoms with van der Waals surface area (Å²) in [7, 11) is 0. The Labute approximate surface area is 168 Å². The van der Waals surface area contributed by atoms with Crippen molar-refractivity contribution in [3.8, 4) is 0 Å². The van der Waals surface area contributed by atoms with E-state index in [9.17, 15) is 22.8 Å². The van der Waals surface area contributed by atoms with Gasteiger partial charge in [-0.05, 0) is 55.5 Å². The number of alkyl halides is 3. The van der Waals surface area contributed by atoms with Gasteiger partial charge in [0, 0.05) is 4.88 Å². The van der Waals surface area contributed by atoms with Crippen molar-refractivity contribution in [2.45, 2.75) is 38.3 Å². The van der Waals surface area contributed by atoms with Gasteiger partial charge in [0.25, 0.3) is 5.91 Å². The minimum Gasteiger partial charge on any atom is -0.451 e. The van der Waals surface area contributed by atoms with E-state index >= 15 is 0 Å². The summed E-state index contributed by atoms with van der Waals surface area (Å²) in [6, 6.07) is 4.40. The number of carbonyl (C=O) groups excluding carboxylic acids is 2. The van der Waals surface area contributed by atoms with E-state index < -0.39 is 30.2 Å². The van der Waals surface area contributed by atoms with Crippen LogP contribution >= 0.6 is 22.9 Å². The second-order valence-electron chi connectivity index (χ2n) is 6.44. The van der Waals surface area contributed by atoms with Crippen molar-refractivity contribution in [3.05, 3.63) is 50.2 Å². The number of amides is 1. The first kappa shape index (κ1) is 20.7. The number of anilines is 1. The molecule has 1 aromatic carbocycles. The van der Waals surface area contributed by atoms with Gasteiger partial charge >= 0.3 is 12.1 Å². The van der Waals surface area contributed by atoms with Crippen LogP contribution in [0.2, 0.25) is 5.02 Å². The van der Waals surface area contributed by atoms with Crippen LogP contribution in [0.3, 0.4) is 0 Å². The van der Waals surface area contributed by atoms with Crippen molar-refractivity contribution >= 4 is 40.5 Å². The lowest BCUT2D eigenvalue weighted by molar-refractivity contribution is -0.137. The van der Waals surface area contributed by atoms with Crippen LogP contribution in [0.25, 0.3) is 0 Å². The summed E-state index contributed by atoms with van der Waals surface area (Å²) < 4.78 is 43.3. The molecule has 3 rings (SSSR count). The molecule has 0 saturated heterocycles. The number of esters is 1. The van der Waals surface area contributed by atoms with Crippen molar-refractivity contribution in [2.24, 2.45) is 0 Å². The molecular formula is C19H17ClF3NO3S. The first-order chi connectivity index (χ1) is 13.2. The summed E-state index contributed by atoms with van der Waals surface area (Å²) in [6.07, 6.45) is 0.628. The molecule has 0 radical (unpaired) electrons. The Hall–Kier alpha value is -2.06. The molecule has 1 aromatic heterocycles. The zero-order valence-electron chi connectivity index (χ0n) is 14.7. The Morgan fingerprint density at radius 2 is 1.89 bits per heavy atom. The lowest BCUT2D eigenvalue weighted by Crippen LogP contribution is -2.21. The van der Waals surface area contributed by atoms with Gasteiger partial charge in [-0.3, -0.25) is 4.79 Å². The molecule has 1 heterocycles. The van der Waals surface area contributed by atoms with Gasteiger partial charge in [-0.15, -0.1) is 11.3 Å². The Morgan fingerprint density at radius 3 is 2.64 bits per heavy atom. The Balaban J connectivity index is 1.59. The van der Waals surface area contributed by atoms with Crippen LogP contribution in [0, 0.1) is 0 Å². The van der Waals surface area contributed by atoms with Crippen LogP contribution in [-0.4, -0.2) is 18.5 Å². The van der Waals surface area contributed by atoms with Gasteiger partial charge in [-0.1, -0.05) is 18.0 Å². The number of thiophene rings is 1. The Morgan fingerprint density at radius 1 is 1.14 bits per heavy atom. The quantitative estimate of drug-likeness (QED) is 0.514. The van der Waals surface area contributed by atoms with Gasteiger partial charge in [0.2, 0.25) is 0 Å². The third-order valence-electron chi connectivity index (χ3n) is 4.35. The summed E-state index contributed by atoms with van der Waals surface area (Å²) in [5.74, 6) is -1.39. The maximum Gasteiger partial charge on any atom is 0.416 e. The van der Waals surface area contributed by atoms with Gasteiger partial charge in [-0.2, -0.15) is 13.2 Å². The fourth-order valence-electron chi connectivity index (χ4n) is 2.95. The maximum absolute atomic E-state index is 12.8. The molecule has 1 N–H and O–H groups in total. The average Bonchev–Trinajstić information content (AvgIpc) is 2.91. The van der Waals surface area contributed by atoms with E-state index in [4.69, 9.17) is 16.3 Å². The monoisotopic (exact) mass is 431 g/mol. The van der Waals surface area contributed by atoms with Crippen LogP contribution in [-0.2, 0) is 28.5 Å². The summed E-state index contributed by atoms with van der Waals surface area (Å²) in [6.45, 7) is -0.617. The lowest BCUT2D eigenvalue weighted by Gasteiger charge is -2.11. The molecule has 2 aromatic rings. The molecule has 4 nitrogen and oxygen atoms in total. The minimum absolute atomic E-state index is 0.0466. The highest BCUT2D eigenvalue weighted by atomic mass is 35.5. The number of hydrogen-bond donors (Lipinski definition) is 1. The van der Waals surface area contributed by atoms with Crippen LogP contribution in [0.1, 0.15) is 44.9 Å². The molecule has 0 bridgehead atoms. The smallest absolute Gasteiger partial charge is 0.416 e. The van der Waals surface area contributed by atoms with Crippen molar-refractivity contribution < 1.29 is 27.5 Å². The molecule has 0 aliphatic heterocycles. The molecule has 28 heavy (non-hydrogen) atoms. The second-order valence-corrected chi connectivity index (χ2v) is 7.98. The summed E-state index contributed by atoms with van der Waals surface area (Å²) in [4.78, 5) is 25.8. The number of aryl methyl sites for hydroxylation is 2. The molecular weight excluding hydrogens is 415 g/mol. The van der Waals surface area contributed by atoms with Crippen LogP contribution in [0.4, 0.5) is 18.9 Å². The molecule has 1 aliphatic rings. The van der Waals surface area contributed by atoms with Gasteiger partial charge in [0.1, 0.15) is 4.88 Å². The van der Waals surface area contributed by atoms with Crippen LogP contribution in [0.5, 0.6) is 0 Å². The summed E-state index contributed by atoms with van der Waals surface area (Å²) >= 11 is 7.20. The molecule has 0 fully saturated rings. The number of nitrogens with one attached hydrogen (secondary N) is 1. The number of halogens is 4. The van der Waals surface area contributed by atoms with Crippen molar-refractivity contribution in [1.82, 2.24) is 0 Å². The molecule has 0 unspecified atom stereocenters. The van der Waals surface area contributed by atoms with Crippen molar-refractivity contribution in [2.75, 3.05) is 11.9 Å². The lowest BCUT2D eigenvalue weighted by atomic mass is 10.1. The van der Waals surface area contributed by atoms with Gasteiger partial charge in [-0.25, -0.2) is 4.79 Å². The van der Waals surface area contributed by atoms with E-state index in [2.05, 4.69) is 5.32 Å². The van der Waals surface area contributed by atoms with E-state index in [0.29, 0.717) is 4.88 Å². The standard InChI is InChI=1S/C19H17ClF3NO3S/c20-13-7-6-12(19(21,22)23)9-14(13)24-17(25)10-27-18(26)16-8-11-4-2-1-3-5-15(11)28-16/h6-9H,1-5,10H2,(H,24,25). The van der Waals surface area contributed by atoms with E-state index in [1.54, 1.807) is 6.07 Å². The number of benzene rings is 1. The molecule has 1 amide bonds. The van der Waals surface area contributed by atoms with Crippen molar-refractivity contribution in [3.63, 3.8) is 0 Å². The summed E-state index contributed by atoms with van der Waals surface area (Å²) in [5, 5.41) is 2.20. The number of hydrogen-bond acceptors (Lipinski definition) is 4. The first-order valence-corrected chi connectivity index (χ1v) is 9.89. The van der Waals surface area contributed by atoms with Gasteiger partial charge in [0.15, 0.2) is 6.61 Å². The molecule has 9 heteroatoms. The SMILES string of the molecule is O=C(COC(=O)c1cc2c(s1)CCCCC2)Nc1cc(C(F)(F)F)ccc1Cl. The Bertz CT molecular complexity index is 872. The molecule has 0 spiro atoms. The zero-order chi connectivity index (χ0) is 20.3. The largest absolute Gasteiger partial charge is 0.451 e. The topological polar surface area (TPSA) is 55.4 Å². The fourth-order valence-corrected chi connectivity index (χ4v) is 4.27. The number of ether oxygens (including phenoxy) is 1. The van der Waals surface area contributed by atoms with E-state index in [-0.39, 0.29) is 10.7 Å². The highest BCUT2D eigenvalue weighted by Gasteiger charge is 2.31. The zero-order valence-corrected chi connectivity index (χ0v) is 16.3. The Kier molecular flexibility index (Phi) is 6.30. The molecule has 0 atom stereocenters. The number of fused-ring (bicyclic) bond motifs is 1. The number of rotatable bonds is 4. The van der Waals surface area contributed by atoms with Crippen LogP contribution < -0.4 is 5.32 Å².